The molecule has 110 valence electrons. The molecule has 1 aliphatic heterocycles. The molecule has 3 nitrogen and oxygen atoms in total. The summed E-state index contributed by atoms with van der Waals surface area (Å²) in [5.41, 5.74) is 0.364. The van der Waals surface area contributed by atoms with Crippen molar-refractivity contribution in [3.05, 3.63) is 21.9 Å². The van der Waals surface area contributed by atoms with Crippen LogP contribution >= 0.6 is 11.3 Å². The summed E-state index contributed by atoms with van der Waals surface area (Å²) in [6.07, 6.45) is 4.59. The summed E-state index contributed by atoms with van der Waals surface area (Å²) in [4.78, 5) is 17.3. The molecule has 1 amide bonds. The smallest absolute Gasteiger partial charge is 0.241 e. The van der Waals surface area contributed by atoms with Gasteiger partial charge in [-0.25, -0.2) is 0 Å². The Balaban J connectivity index is 1.83. The highest BCUT2D eigenvalue weighted by Crippen LogP contribution is 2.47. The summed E-state index contributed by atoms with van der Waals surface area (Å²) >= 11 is 1.80. The lowest BCUT2D eigenvalue weighted by Gasteiger charge is -2.26. The van der Waals surface area contributed by atoms with Gasteiger partial charge in [-0.1, -0.05) is 20.3 Å². The molecule has 3 rings (SSSR count). The maximum absolute atomic E-state index is 12.7. The standard InChI is InChI=1S/C16H24N2OS/c1-4-5-12-15(19)18(10-16(3)8-9-16)14(17-12)13-7-6-11(2)20-13/h6-7,12,14,17H,4-5,8-10H2,1-3H3. The number of hydrogen-bond acceptors (Lipinski definition) is 3. The summed E-state index contributed by atoms with van der Waals surface area (Å²) < 4.78 is 0. The molecule has 2 atom stereocenters. The van der Waals surface area contributed by atoms with Crippen molar-refractivity contribution in [3.8, 4) is 0 Å². The minimum atomic E-state index is 0.00903. The number of carbonyl (C=O) groups is 1. The molecule has 20 heavy (non-hydrogen) atoms. The molecule has 0 radical (unpaired) electrons. The van der Waals surface area contributed by atoms with E-state index in [0.717, 1.165) is 19.4 Å². The summed E-state index contributed by atoms with van der Waals surface area (Å²) in [5.74, 6) is 0.302. The molecular formula is C16H24N2OS. The van der Waals surface area contributed by atoms with Crippen LogP contribution in [0.4, 0.5) is 0 Å². The van der Waals surface area contributed by atoms with Crippen LogP contribution in [0.25, 0.3) is 0 Å². The van der Waals surface area contributed by atoms with E-state index in [-0.39, 0.29) is 12.2 Å². The summed E-state index contributed by atoms with van der Waals surface area (Å²) in [6, 6.07) is 4.33. The first-order valence-electron chi connectivity index (χ1n) is 7.65. The minimum absolute atomic E-state index is 0.00903. The summed E-state index contributed by atoms with van der Waals surface area (Å²) in [7, 11) is 0. The second-order valence-corrected chi connectivity index (χ2v) is 7.96. The highest BCUT2D eigenvalue weighted by atomic mass is 32.1. The van der Waals surface area contributed by atoms with Crippen molar-refractivity contribution in [1.82, 2.24) is 10.2 Å². The molecule has 2 unspecified atom stereocenters. The fourth-order valence-corrected chi connectivity index (χ4v) is 3.91. The molecule has 1 aromatic rings. The van der Waals surface area contributed by atoms with Gasteiger partial charge < -0.3 is 4.90 Å². The van der Waals surface area contributed by atoms with Crippen molar-refractivity contribution in [2.75, 3.05) is 6.54 Å². The second kappa shape index (κ2) is 5.15. The maximum atomic E-state index is 12.7. The van der Waals surface area contributed by atoms with Gasteiger partial charge in [0.15, 0.2) is 0 Å². The fraction of sp³-hybridized carbons (Fsp3) is 0.688. The van der Waals surface area contributed by atoms with Gasteiger partial charge in [0, 0.05) is 16.3 Å². The first kappa shape index (κ1) is 14.1. The first-order chi connectivity index (χ1) is 9.52. The van der Waals surface area contributed by atoms with Gasteiger partial charge in [-0.15, -0.1) is 11.3 Å². The van der Waals surface area contributed by atoms with E-state index >= 15 is 0 Å². The molecule has 1 aliphatic carbocycles. The zero-order valence-electron chi connectivity index (χ0n) is 12.6. The minimum Gasteiger partial charge on any atom is -0.320 e. The number of thiophene rings is 1. The van der Waals surface area contributed by atoms with Crippen molar-refractivity contribution < 1.29 is 4.79 Å². The average Bonchev–Trinajstić information content (AvgIpc) is 2.85. The van der Waals surface area contributed by atoms with E-state index in [2.05, 4.69) is 43.1 Å². The van der Waals surface area contributed by atoms with Crippen molar-refractivity contribution in [3.63, 3.8) is 0 Å². The number of hydrogen-bond donors (Lipinski definition) is 1. The highest BCUT2D eigenvalue weighted by molar-refractivity contribution is 7.12. The Bertz CT molecular complexity index is 506. The van der Waals surface area contributed by atoms with Crippen molar-refractivity contribution in [2.45, 2.75) is 58.7 Å². The fourth-order valence-electron chi connectivity index (χ4n) is 2.96. The molecule has 0 spiro atoms. The lowest BCUT2D eigenvalue weighted by Crippen LogP contribution is -2.35. The third-order valence-electron chi connectivity index (χ3n) is 4.52. The topological polar surface area (TPSA) is 32.3 Å². The quantitative estimate of drug-likeness (QED) is 0.901. The van der Waals surface area contributed by atoms with E-state index in [4.69, 9.17) is 0 Å². The third kappa shape index (κ3) is 2.63. The molecule has 1 aromatic heterocycles. The van der Waals surface area contributed by atoms with Crippen LogP contribution in [0.3, 0.4) is 0 Å². The predicted molar refractivity (Wildman–Crippen MR) is 82.7 cm³/mol. The molecule has 4 heteroatoms. The Hall–Kier alpha value is -0.870. The zero-order valence-corrected chi connectivity index (χ0v) is 13.4. The monoisotopic (exact) mass is 292 g/mol. The van der Waals surface area contributed by atoms with Crippen LogP contribution in [0, 0.1) is 12.3 Å². The van der Waals surface area contributed by atoms with Crippen LogP contribution in [-0.4, -0.2) is 23.4 Å². The second-order valence-electron chi connectivity index (χ2n) is 6.64. The maximum Gasteiger partial charge on any atom is 0.241 e. The molecule has 2 heterocycles. The Morgan fingerprint density at radius 3 is 2.75 bits per heavy atom. The number of amides is 1. The third-order valence-corrected chi connectivity index (χ3v) is 5.57. The van der Waals surface area contributed by atoms with E-state index in [1.165, 1.54) is 22.6 Å². The van der Waals surface area contributed by atoms with Crippen molar-refractivity contribution in [2.24, 2.45) is 5.41 Å². The SMILES string of the molecule is CCCC1NC(c2ccc(C)s2)N(CC2(C)CC2)C1=O. The Morgan fingerprint density at radius 2 is 2.20 bits per heavy atom. The van der Waals surface area contributed by atoms with Crippen LogP contribution in [-0.2, 0) is 4.79 Å². The van der Waals surface area contributed by atoms with Gasteiger partial charge in [0.05, 0.1) is 6.04 Å². The van der Waals surface area contributed by atoms with Gasteiger partial charge in [0.25, 0.3) is 0 Å². The van der Waals surface area contributed by atoms with E-state index in [0.29, 0.717) is 11.3 Å². The molecule has 1 N–H and O–H groups in total. The van der Waals surface area contributed by atoms with E-state index in [9.17, 15) is 4.79 Å². The van der Waals surface area contributed by atoms with E-state index in [1.54, 1.807) is 11.3 Å². The molecule has 0 aromatic carbocycles. The van der Waals surface area contributed by atoms with Crippen molar-refractivity contribution in [1.29, 1.82) is 0 Å². The first-order valence-corrected chi connectivity index (χ1v) is 8.47. The zero-order chi connectivity index (χ0) is 14.3. The normalized spacial score (nSPS) is 28.1. The van der Waals surface area contributed by atoms with Gasteiger partial charge in [-0.05, 0) is 43.7 Å². The van der Waals surface area contributed by atoms with Gasteiger partial charge in [-0.2, -0.15) is 0 Å². The van der Waals surface area contributed by atoms with Gasteiger partial charge >= 0.3 is 0 Å². The number of nitrogens with zero attached hydrogens (tertiary/aromatic N) is 1. The highest BCUT2D eigenvalue weighted by Gasteiger charge is 2.46. The van der Waals surface area contributed by atoms with Crippen molar-refractivity contribution >= 4 is 17.2 Å². The molecule has 0 bridgehead atoms. The van der Waals surface area contributed by atoms with E-state index in [1.807, 2.05) is 0 Å². The van der Waals surface area contributed by atoms with Crippen LogP contribution in [0.5, 0.6) is 0 Å². The molecule has 2 aliphatic rings. The Morgan fingerprint density at radius 1 is 1.45 bits per heavy atom. The largest absolute Gasteiger partial charge is 0.320 e. The molecule has 1 saturated carbocycles. The van der Waals surface area contributed by atoms with Crippen LogP contribution < -0.4 is 5.32 Å². The summed E-state index contributed by atoms with van der Waals surface area (Å²) in [6.45, 7) is 7.47. The van der Waals surface area contributed by atoms with Crippen LogP contribution in [0.1, 0.15) is 55.5 Å². The van der Waals surface area contributed by atoms with Crippen LogP contribution in [0.2, 0.25) is 0 Å². The number of aryl methyl sites for hydroxylation is 1. The molecule has 2 fully saturated rings. The number of rotatable bonds is 5. The number of nitrogens with one attached hydrogen (secondary N) is 1. The predicted octanol–water partition coefficient (Wildman–Crippen LogP) is 3.46. The van der Waals surface area contributed by atoms with Gasteiger partial charge in [0.2, 0.25) is 5.91 Å². The van der Waals surface area contributed by atoms with Gasteiger partial charge in [-0.3, -0.25) is 10.1 Å². The van der Waals surface area contributed by atoms with E-state index < -0.39 is 0 Å². The lowest BCUT2D eigenvalue weighted by atomic mass is 10.1. The lowest BCUT2D eigenvalue weighted by molar-refractivity contribution is -0.131. The van der Waals surface area contributed by atoms with Crippen LogP contribution in [0.15, 0.2) is 12.1 Å². The van der Waals surface area contributed by atoms with Gasteiger partial charge in [0.1, 0.15) is 6.17 Å². The Labute approximate surface area is 125 Å². The molecule has 1 saturated heterocycles. The molecular weight excluding hydrogens is 268 g/mol. The number of carbonyl (C=O) groups excluding carboxylic acids is 1. The summed E-state index contributed by atoms with van der Waals surface area (Å²) in [5, 5.41) is 3.56. The Kier molecular flexibility index (Phi) is 3.63. The average molecular weight is 292 g/mol.